The Morgan fingerprint density at radius 1 is 1.17 bits per heavy atom. The molecule has 0 saturated carbocycles. The van der Waals surface area contributed by atoms with E-state index in [1.54, 1.807) is 32.4 Å². The van der Waals surface area contributed by atoms with E-state index in [2.05, 4.69) is 5.32 Å². The minimum atomic E-state index is -4.49. The molecule has 0 spiro atoms. The monoisotopic (exact) mass is 420 g/mol. The highest BCUT2D eigenvalue weighted by molar-refractivity contribution is 5.97. The number of rotatable bonds is 6. The van der Waals surface area contributed by atoms with Crippen molar-refractivity contribution in [3.05, 3.63) is 59.2 Å². The molecule has 2 atom stereocenters. The highest BCUT2D eigenvalue weighted by Crippen LogP contribution is 2.44. The molecule has 7 heteroatoms. The van der Waals surface area contributed by atoms with Crippen molar-refractivity contribution < 1.29 is 22.7 Å². The van der Waals surface area contributed by atoms with Gasteiger partial charge >= 0.3 is 6.18 Å². The van der Waals surface area contributed by atoms with Crippen molar-refractivity contribution in [3.63, 3.8) is 0 Å². The van der Waals surface area contributed by atoms with Gasteiger partial charge in [0.15, 0.2) is 0 Å². The Morgan fingerprint density at radius 3 is 2.43 bits per heavy atom. The Balaban J connectivity index is 2.17. The predicted molar refractivity (Wildman–Crippen MR) is 111 cm³/mol. The van der Waals surface area contributed by atoms with Crippen LogP contribution in [-0.4, -0.2) is 33.2 Å². The van der Waals surface area contributed by atoms with Crippen LogP contribution in [0.25, 0.3) is 0 Å². The minimum absolute atomic E-state index is 0.133. The van der Waals surface area contributed by atoms with Crippen molar-refractivity contribution in [1.82, 2.24) is 5.32 Å². The standard InChI is InChI=1S/C23H27F3N2O2/c1-4-17-18(15-8-10-16(30-3)11-9-15)14-19-20(23(24,25)26)6-5-7-21(19)28(22(17)29)13-12-27-2/h5-11,17-18,27H,4,12-14H2,1-3H3. The molecule has 4 nitrogen and oxygen atoms in total. The molecule has 0 fully saturated rings. The second-order valence-electron chi connectivity index (χ2n) is 7.49. The summed E-state index contributed by atoms with van der Waals surface area (Å²) in [5, 5.41) is 2.99. The first kappa shape index (κ1) is 22.2. The van der Waals surface area contributed by atoms with Gasteiger partial charge in [-0.1, -0.05) is 25.1 Å². The molecular formula is C23H27F3N2O2. The van der Waals surface area contributed by atoms with Crippen molar-refractivity contribution in [1.29, 1.82) is 0 Å². The van der Waals surface area contributed by atoms with E-state index in [0.29, 0.717) is 30.9 Å². The van der Waals surface area contributed by atoms with Gasteiger partial charge in [-0.05, 0) is 61.2 Å². The Bertz CT molecular complexity index is 881. The number of hydrogen-bond acceptors (Lipinski definition) is 3. The van der Waals surface area contributed by atoms with Gasteiger partial charge in [0, 0.05) is 24.7 Å². The largest absolute Gasteiger partial charge is 0.497 e. The normalized spacial score (nSPS) is 19.4. The fraction of sp³-hybridized carbons (Fsp3) is 0.435. The molecule has 1 amide bonds. The molecule has 1 aliphatic rings. The molecule has 2 aromatic carbocycles. The van der Waals surface area contributed by atoms with E-state index < -0.39 is 17.7 Å². The first-order chi connectivity index (χ1) is 14.3. The van der Waals surface area contributed by atoms with Gasteiger partial charge in [0.2, 0.25) is 5.91 Å². The molecule has 2 unspecified atom stereocenters. The van der Waals surface area contributed by atoms with Gasteiger partial charge in [0.1, 0.15) is 5.75 Å². The summed E-state index contributed by atoms with van der Waals surface area (Å²) in [6, 6.07) is 11.4. The highest BCUT2D eigenvalue weighted by Gasteiger charge is 2.41. The lowest BCUT2D eigenvalue weighted by atomic mass is 9.79. The lowest BCUT2D eigenvalue weighted by Crippen LogP contribution is -2.40. The molecule has 0 bridgehead atoms. The lowest BCUT2D eigenvalue weighted by molar-refractivity contribution is -0.138. The van der Waals surface area contributed by atoms with Crippen molar-refractivity contribution in [2.75, 3.05) is 32.1 Å². The van der Waals surface area contributed by atoms with Crippen LogP contribution < -0.4 is 15.0 Å². The molecule has 0 radical (unpaired) electrons. The summed E-state index contributed by atoms with van der Waals surface area (Å²) in [4.78, 5) is 15.0. The second-order valence-corrected chi connectivity index (χ2v) is 7.49. The number of fused-ring (bicyclic) bond motifs is 1. The average Bonchev–Trinajstić information content (AvgIpc) is 2.85. The van der Waals surface area contributed by atoms with Crippen LogP contribution >= 0.6 is 0 Å². The third kappa shape index (κ3) is 4.31. The number of anilines is 1. The van der Waals surface area contributed by atoms with Crippen molar-refractivity contribution >= 4 is 11.6 Å². The topological polar surface area (TPSA) is 41.6 Å². The van der Waals surface area contributed by atoms with Gasteiger partial charge in [-0.3, -0.25) is 4.79 Å². The van der Waals surface area contributed by atoms with E-state index in [0.717, 1.165) is 11.6 Å². The smallest absolute Gasteiger partial charge is 0.416 e. The molecule has 30 heavy (non-hydrogen) atoms. The Hall–Kier alpha value is -2.54. The number of nitrogens with zero attached hydrogens (tertiary/aromatic N) is 1. The van der Waals surface area contributed by atoms with Crippen LogP contribution in [0.3, 0.4) is 0 Å². The molecule has 0 aliphatic carbocycles. The van der Waals surface area contributed by atoms with Crippen LogP contribution in [0.15, 0.2) is 42.5 Å². The number of methoxy groups -OCH3 is 1. The summed E-state index contributed by atoms with van der Waals surface area (Å²) in [7, 11) is 3.32. The van der Waals surface area contributed by atoms with Gasteiger partial charge in [-0.25, -0.2) is 0 Å². The number of amides is 1. The predicted octanol–water partition coefficient (Wildman–Crippen LogP) is 4.63. The van der Waals surface area contributed by atoms with Gasteiger partial charge < -0.3 is 15.0 Å². The first-order valence-electron chi connectivity index (χ1n) is 10.1. The fourth-order valence-corrected chi connectivity index (χ4v) is 4.28. The molecule has 1 heterocycles. The molecular weight excluding hydrogens is 393 g/mol. The molecule has 0 saturated heterocycles. The average molecular weight is 420 g/mol. The molecule has 1 aliphatic heterocycles. The summed E-state index contributed by atoms with van der Waals surface area (Å²) in [5.74, 6) is -0.232. The number of ether oxygens (including phenoxy) is 1. The van der Waals surface area contributed by atoms with Crippen LogP contribution in [0, 0.1) is 5.92 Å². The number of likely N-dealkylation sites (N-methyl/N-ethyl adjacent to an activating group) is 1. The summed E-state index contributed by atoms with van der Waals surface area (Å²) in [5.41, 5.74) is 0.720. The zero-order valence-corrected chi connectivity index (χ0v) is 17.4. The highest BCUT2D eigenvalue weighted by atomic mass is 19.4. The minimum Gasteiger partial charge on any atom is -0.497 e. The number of carbonyl (C=O) groups is 1. The fourth-order valence-electron chi connectivity index (χ4n) is 4.28. The van der Waals surface area contributed by atoms with E-state index in [9.17, 15) is 18.0 Å². The van der Waals surface area contributed by atoms with Crippen LogP contribution in [0.4, 0.5) is 18.9 Å². The van der Waals surface area contributed by atoms with Crippen molar-refractivity contribution in [2.45, 2.75) is 31.9 Å². The third-order valence-electron chi connectivity index (χ3n) is 5.81. The summed E-state index contributed by atoms with van der Waals surface area (Å²) < 4.78 is 46.8. The Kier molecular flexibility index (Phi) is 6.71. The van der Waals surface area contributed by atoms with E-state index in [1.165, 1.54) is 11.0 Å². The van der Waals surface area contributed by atoms with E-state index in [-0.39, 0.29) is 23.8 Å². The van der Waals surface area contributed by atoms with Crippen LogP contribution in [-0.2, 0) is 17.4 Å². The van der Waals surface area contributed by atoms with Crippen LogP contribution in [0.1, 0.15) is 36.0 Å². The second kappa shape index (κ2) is 9.08. The number of benzene rings is 2. The molecule has 162 valence electrons. The first-order valence-corrected chi connectivity index (χ1v) is 10.1. The molecule has 1 N–H and O–H groups in total. The maximum atomic E-state index is 13.9. The SMILES string of the molecule is CCC1C(=O)N(CCNC)c2cccc(C(F)(F)F)c2CC1c1ccc(OC)cc1. The summed E-state index contributed by atoms with van der Waals surface area (Å²) >= 11 is 0. The zero-order chi connectivity index (χ0) is 21.9. The number of halogens is 3. The number of nitrogens with one attached hydrogen (secondary N) is 1. The van der Waals surface area contributed by atoms with Crippen LogP contribution in [0.5, 0.6) is 5.75 Å². The molecule has 3 rings (SSSR count). The number of hydrogen-bond donors (Lipinski definition) is 1. The Morgan fingerprint density at radius 2 is 1.87 bits per heavy atom. The maximum absolute atomic E-state index is 13.9. The van der Waals surface area contributed by atoms with Gasteiger partial charge in [-0.15, -0.1) is 0 Å². The zero-order valence-electron chi connectivity index (χ0n) is 17.4. The van der Waals surface area contributed by atoms with E-state index in [4.69, 9.17) is 4.74 Å². The van der Waals surface area contributed by atoms with Gasteiger partial charge in [0.25, 0.3) is 0 Å². The van der Waals surface area contributed by atoms with Gasteiger partial charge in [-0.2, -0.15) is 13.2 Å². The quantitative estimate of drug-likeness (QED) is 0.741. The summed E-state index contributed by atoms with van der Waals surface area (Å²) in [6.07, 6.45) is -3.79. The van der Waals surface area contributed by atoms with Crippen molar-refractivity contribution in [3.8, 4) is 5.75 Å². The Labute approximate surface area is 175 Å². The van der Waals surface area contributed by atoms with Crippen molar-refractivity contribution in [2.24, 2.45) is 5.92 Å². The number of alkyl halides is 3. The molecule has 0 aromatic heterocycles. The maximum Gasteiger partial charge on any atom is 0.416 e. The van der Waals surface area contributed by atoms with Gasteiger partial charge in [0.05, 0.1) is 12.7 Å². The number of carbonyl (C=O) groups excluding carboxylic acids is 1. The summed E-state index contributed by atoms with van der Waals surface area (Å²) in [6.45, 7) is 2.72. The molecule has 2 aromatic rings. The lowest BCUT2D eigenvalue weighted by Gasteiger charge is -2.28. The van der Waals surface area contributed by atoms with E-state index >= 15 is 0 Å². The third-order valence-corrected chi connectivity index (χ3v) is 5.81. The van der Waals surface area contributed by atoms with Crippen LogP contribution in [0.2, 0.25) is 0 Å². The van der Waals surface area contributed by atoms with E-state index in [1.807, 2.05) is 19.1 Å².